The van der Waals surface area contributed by atoms with Crippen LogP contribution in [-0.2, 0) is 0 Å². The minimum Gasteiger partial charge on any atom is -0.350 e. The third-order valence-corrected chi connectivity index (χ3v) is 2.48. The summed E-state index contributed by atoms with van der Waals surface area (Å²) in [5, 5.41) is 3.81. The minimum atomic E-state index is -0.202. The lowest BCUT2D eigenvalue weighted by Crippen LogP contribution is -2.00. The monoisotopic (exact) mass is 224 g/mol. The topological polar surface area (TPSA) is 56.0 Å². The number of carbonyl (C=O) groups is 1. The van der Waals surface area contributed by atoms with Crippen molar-refractivity contribution in [2.24, 2.45) is 0 Å². The summed E-state index contributed by atoms with van der Waals surface area (Å²) in [5.41, 5.74) is 1.66. The molecule has 82 valence electrons. The Morgan fingerprint density at radius 1 is 1.06 bits per heavy atom. The van der Waals surface area contributed by atoms with Gasteiger partial charge in [-0.1, -0.05) is 35.5 Å². The molecule has 0 aliphatic heterocycles. The molecule has 4 heteroatoms. The van der Waals surface area contributed by atoms with Crippen molar-refractivity contribution in [1.29, 1.82) is 0 Å². The maximum Gasteiger partial charge on any atom is 0.233 e. The van der Waals surface area contributed by atoms with Gasteiger partial charge >= 0.3 is 0 Å². The average Bonchev–Trinajstić information content (AvgIpc) is 2.83. The van der Waals surface area contributed by atoms with Gasteiger partial charge in [0.15, 0.2) is 0 Å². The first-order valence-corrected chi connectivity index (χ1v) is 5.16. The first-order valence-electron chi connectivity index (χ1n) is 5.16. The van der Waals surface area contributed by atoms with Gasteiger partial charge in [-0.05, 0) is 12.1 Å². The maximum atomic E-state index is 12.1. The van der Waals surface area contributed by atoms with E-state index in [4.69, 9.17) is 4.52 Å². The van der Waals surface area contributed by atoms with Crippen LogP contribution in [0.5, 0.6) is 0 Å². The second-order valence-electron chi connectivity index (χ2n) is 3.58. The van der Waals surface area contributed by atoms with Crippen LogP contribution >= 0.6 is 0 Å². The van der Waals surface area contributed by atoms with Crippen LogP contribution in [0.15, 0.2) is 53.2 Å². The number of aromatic nitrogens is 2. The second kappa shape index (κ2) is 3.83. The van der Waals surface area contributed by atoms with Crippen LogP contribution in [0.3, 0.4) is 0 Å². The number of nitrogens with zero attached hydrogens (tertiary/aromatic N) is 2. The summed E-state index contributed by atoms with van der Waals surface area (Å²) in [5.74, 6) is -0.0152. The van der Waals surface area contributed by atoms with Crippen LogP contribution in [0.2, 0.25) is 0 Å². The number of hydrogen-bond acceptors (Lipinski definition) is 4. The number of benzene rings is 1. The predicted molar refractivity (Wildman–Crippen MR) is 61.7 cm³/mol. The van der Waals surface area contributed by atoms with Crippen LogP contribution in [0.25, 0.3) is 11.0 Å². The van der Waals surface area contributed by atoms with Crippen molar-refractivity contribution in [2.75, 3.05) is 0 Å². The third kappa shape index (κ3) is 1.59. The predicted octanol–water partition coefficient (Wildman–Crippen LogP) is 2.45. The normalized spacial score (nSPS) is 10.6. The van der Waals surface area contributed by atoms with Crippen molar-refractivity contribution in [3.8, 4) is 0 Å². The Morgan fingerprint density at radius 3 is 2.71 bits per heavy atom. The summed E-state index contributed by atoms with van der Waals surface area (Å²) in [6, 6.07) is 12.4. The molecule has 0 bridgehead atoms. The number of pyridine rings is 1. The molecule has 3 rings (SSSR count). The molecule has 0 aliphatic rings. The summed E-state index contributed by atoms with van der Waals surface area (Å²) < 4.78 is 5.07. The molecule has 0 atom stereocenters. The van der Waals surface area contributed by atoms with Crippen molar-refractivity contribution in [2.45, 2.75) is 0 Å². The molecule has 1 aromatic carbocycles. The molecular formula is C13H8N2O2. The largest absolute Gasteiger partial charge is 0.350 e. The zero-order valence-corrected chi connectivity index (χ0v) is 8.83. The Labute approximate surface area is 96.9 Å². The Hall–Kier alpha value is -2.49. The second-order valence-corrected chi connectivity index (χ2v) is 3.58. The highest BCUT2D eigenvalue weighted by atomic mass is 16.5. The molecule has 0 amide bonds. The van der Waals surface area contributed by atoms with Crippen LogP contribution < -0.4 is 0 Å². The zero-order valence-electron chi connectivity index (χ0n) is 8.83. The SMILES string of the molecule is O=C(c1ccccc1)c1onc2cccnc12. The van der Waals surface area contributed by atoms with Crippen molar-refractivity contribution in [1.82, 2.24) is 10.1 Å². The van der Waals surface area contributed by atoms with Gasteiger partial charge in [-0.25, -0.2) is 0 Å². The number of carbonyl (C=O) groups excluding carboxylic acids is 1. The van der Waals surface area contributed by atoms with Gasteiger partial charge in [0.2, 0.25) is 11.5 Å². The Balaban J connectivity index is 2.14. The molecular weight excluding hydrogens is 216 g/mol. The lowest BCUT2D eigenvalue weighted by atomic mass is 10.1. The van der Waals surface area contributed by atoms with E-state index in [0.29, 0.717) is 16.6 Å². The highest BCUT2D eigenvalue weighted by Crippen LogP contribution is 2.18. The van der Waals surface area contributed by atoms with Gasteiger partial charge in [0.05, 0.1) is 0 Å². The first-order chi connectivity index (χ1) is 8.36. The summed E-state index contributed by atoms with van der Waals surface area (Å²) in [4.78, 5) is 16.3. The third-order valence-electron chi connectivity index (χ3n) is 2.48. The van der Waals surface area contributed by atoms with E-state index in [9.17, 15) is 4.79 Å². The van der Waals surface area contributed by atoms with Gasteiger partial charge < -0.3 is 4.52 Å². The molecule has 0 N–H and O–H groups in total. The smallest absolute Gasteiger partial charge is 0.233 e. The molecule has 0 radical (unpaired) electrons. The molecule has 0 aliphatic carbocycles. The van der Waals surface area contributed by atoms with E-state index in [1.165, 1.54) is 0 Å². The van der Waals surface area contributed by atoms with Gasteiger partial charge in [-0.3, -0.25) is 9.78 Å². The molecule has 0 unspecified atom stereocenters. The van der Waals surface area contributed by atoms with Crippen molar-refractivity contribution in [3.63, 3.8) is 0 Å². The van der Waals surface area contributed by atoms with E-state index in [1.54, 1.807) is 42.6 Å². The van der Waals surface area contributed by atoms with E-state index in [-0.39, 0.29) is 11.5 Å². The number of ketones is 1. The molecule has 4 nitrogen and oxygen atoms in total. The van der Waals surface area contributed by atoms with Crippen LogP contribution in [0.1, 0.15) is 16.1 Å². The molecule has 0 fully saturated rings. The fraction of sp³-hybridized carbons (Fsp3) is 0. The number of rotatable bonds is 2. The molecule has 2 heterocycles. The number of fused-ring (bicyclic) bond motifs is 1. The van der Waals surface area contributed by atoms with Gasteiger partial charge in [-0.2, -0.15) is 0 Å². The lowest BCUT2D eigenvalue weighted by molar-refractivity contribution is 0.100. The van der Waals surface area contributed by atoms with E-state index in [2.05, 4.69) is 10.1 Å². The van der Waals surface area contributed by atoms with Gasteiger partial charge in [-0.15, -0.1) is 0 Å². The van der Waals surface area contributed by atoms with Crippen molar-refractivity contribution in [3.05, 3.63) is 60.0 Å². The summed E-state index contributed by atoms with van der Waals surface area (Å²) >= 11 is 0. The molecule has 2 aromatic heterocycles. The van der Waals surface area contributed by atoms with Gasteiger partial charge in [0.25, 0.3) is 0 Å². The van der Waals surface area contributed by atoms with Crippen LogP contribution in [-0.4, -0.2) is 15.9 Å². The zero-order chi connectivity index (χ0) is 11.7. The van der Waals surface area contributed by atoms with Gasteiger partial charge in [0.1, 0.15) is 11.0 Å². The van der Waals surface area contributed by atoms with Crippen molar-refractivity contribution >= 4 is 16.8 Å². The summed E-state index contributed by atoms with van der Waals surface area (Å²) in [6.45, 7) is 0. The average molecular weight is 224 g/mol. The van der Waals surface area contributed by atoms with Gasteiger partial charge in [0, 0.05) is 11.8 Å². The fourth-order valence-corrected chi connectivity index (χ4v) is 1.65. The summed E-state index contributed by atoms with van der Waals surface area (Å²) in [7, 11) is 0. The highest BCUT2D eigenvalue weighted by molar-refractivity contribution is 6.12. The Bertz CT molecular complexity index is 674. The first kappa shape index (κ1) is 9.72. The van der Waals surface area contributed by atoms with E-state index < -0.39 is 0 Å². The van der Waals surface area contributed by atoms with E-state index >= 15 is 0 Å². The Morgan fingerprint density at radius 2 is 1.88 bits per heavy atom. The standard InChI is InChI=1S/C13H8N2O2/c16-12(9-5-2-1-3-6-9)13-11-10(15-17-13)7-4-8-14-11/h1-8H. The highest BCUT2D eigenvalue weighted by Gasteiger charge is 2.18. The molecule has 17 heavy (non-hydrogen) atoms. The summed E-state index contributed by atoms with van der Waals surface area (Å²) in [6.07, 6.45) is 1.61. The minimum absolute atomic E-state index is 0.187. The van der Waals surface area contributed by atoms with Crippen LogP contribution in [0, 0.1) is 0 Å². The number of hydrogen-bond donors (Lipinski definition) is 0. The quantitative estimate of drug-likeness (QED) is 0.627. The molecule has 0 saturated heterocycles. The maximum absolute atomic E-state index is 12.1. The van der Waals surface area contributed by atoms with E-state index in [1.807, 2.05) is 6.07 Å². The Kier molecular flexibility index (Phi) is 2.19. The molecule has 0 spiro atoms. The molecule has 0 saturated carbocycles. The van der Waals surface area contributed by atoms with Crippen molar-refractivity contribution < 1.29 is 9.32 Å². The molecule has 3 aromatic rings. The fourth-order valence-electron chi connectivity index (χ4n) is 1.65. The van der Waals surface area contributed by atoms with E-state index in [0.717, 1.165) is 0 Å². The lowest BCUT2D eigenvalue weighted by Gasteiger charge is -1.95. The van der Waals surface area contributed by atoms with Crippen LogP contribution in [0.4, 0.5) is 0 Å².